The van der Waals surface area contributed by atoms with E-state index in [-0.39, 0.29) is 17.3 Å². The molecule has 3 heteroatoms. The van der Waals surface area contributed by atoms with Crippen LogP contribution in [0.1, 0.15) is 47.0 Å². The summed E-state index contributed by atoms with van der Waals surface area (Å²) in [7, 11) is 0. The van der Waals surface area contributed by atoms with Gasteiger partial charge >= 0.3 is 5.97 Å². The highest BCUT2D eigenvalue weighted by Crippen LogP contribution is 2.69. The molecule has 2 fully saturated rings. The van der Waals surface area contributed by atoms with Gasteiger partial charge in [0.2, 0.25) is 0 Å². The van der Waals surface area contributed by atoms with Crippen LogP contribution in [0.5, 0.6) is 0 Å². The van der Waals surface area contributed by atoms with Crippen LogP contribution in [0.25, 0.3) is 0 Å². The second-order valence-corrected chi connectivity index (χ2v) is 6.81. The third kappa shape index (κ3) is 1.70. The number of esters is 1. The molecule has 0 unspecified atom stereocenters. The lowest BCUT2D eigenvalue weighted by Gasteiger charge is -2.41. The number of carbonyl (C=O) groups is 1. The fraction of sp³-hybridized carbons (Fsp3) is 0.933. The number of rotatable bonds is 4. The number of hydrogen-bond acceptors (Lipinski definition) is 3. The zero-order chi connectivity index (χ0) is 13.6. The lowest BCUT2D eigenvalue weighted by Crippen LogP contribution is -2.42. The van der Waals surface area contributed by atoms with E-state index in [1.54, 1.807) is 0 Å². The van der Waals surface area contributed by atoms with Crippen LogP contribution in [-0.2, 0) is 9.53 Å². The summed E-state index contributed by atoms with van der Waals surface area (Å²) < 4.78 is 5.21. The molecule has 2 aliphatic carbocycles. The molecule has 0 radical (unpaired) electrons. The van der Waals surface area contributed by atoms with Gasteiger partial charge in [-0.15, -0.1) is 0 Å². The molecule has 104 valence electrons. The van der Waals surface area contributed by atoms with Gasteiger partial charge in [-0.25, -0.2) is 0 Å². The van der Waals surface area contributed by atoms with Crippen molar-refractivity contribution in [3.05, 3.63) is 0 Å². The van der Waals surface area contributed by atoms with Crippen molar-refractivity contribution < 1.29 is 9.53 Å². The van der Waals surface area contributed by atoms with Gasteiger partial charge < -0.3 is 10.5 Å². The molecule has 2 rings (SSSR count). The highest BCUT2D eigenvalue weighted by atomic mass is 16.5. The molecule has 4 atom stereocenters. The zero-order valence-corrected chi connectivity index (χ0v) is 12.2. The number of carbonyl (C=O) groups excluding carboxylic acids is 1. The molecule has 2 bridgehead atoms. The van der Waals surface area contributed by atoms with Crippen LogP contribution in [0.4, 0.5) is 0 Å². The van der Waals surface area contributed by atoms with Gasteiger partial charge in [-0.3, -0.25) is 4.79 Å². The van der Waals surface area contributed by atoms with Gasteiger partial charge in [-0.2, -0.15) is 0 Å². The first-order chi connectivity index (χ1) is 8.38. The SMILES string of the molecule is CCOC(=O)[C@@H](CN)[C@H]1C[C@@H]2CC[C@]1(C)C2(C)C. The molecule has 0 saturated heterocycles. The van der Waals surface area contributed by atoms with E-state index in [0.29, 0.717) is 24.5 Å². The van der Waals surface area contributed by atoms with Gasteiger partial charge in [0, 0.05) is 6.54 Å². The predicted molar refractivity (Wildman–Crippen MR) is 71.9 cm³/mol. The molecule has 2 saturated carbocycles. The van der Waals surface area contributed by atoms with E-state index >= 15 is 0 Å². The maximum Gasteiger partial charge on any atom is 0.310 e. The van der Waals surface area contributed by atoms with Crippen LogP contribution in [0.2, 0.25) is 0 Å². The first-order valence-electron chi connectivity index (χ1n) is 7.25. The monoisotopic (exact) mass is 253 g/mol. The second kappa shape index (κ2) is 4.52. The Morgan fingerprint density at radius 2 is 2.11 bits per heavy atom. The van der Waals surface area contributed by atoms with Crippen molar-refractivity contribution in [2.75, 3.05) is 13.2 Å². The zero-order valence-electron chi connectivity index (χ0n) is 12.2. The summed E-state index contributed by atoms with van der Waals surface area (Å²) in [5, 5.41) is 0. The quantitative estimate of drug-likeness (QED) is 0.783. The van der Waals surface area contributed by atoms with E-state index in [1.165, 1.54) is 12.8 Å². The minimum atomic E-state index is -0.112. The second-order valence-electron chi connectivity index (χ2n) is 6.81. The first-order valence-corrected chi connectivity index (χ1v) is 7.25. The third-order valence-corrected chi connectivity index (χ3v) is 6.19. The predicted octanol–water partition coefficient (Wildman–Crippen LogP) is 2.59. The van der Waals surface area contributed by atoms with Crippen LogP contribution >= 0.6 is 0 Å². The van der Waals surface area contributed by atoms with Crippen LogP contribution < -0.4 is 5.73 Å². The maximum absolute atomic E-state index is 12.1. The molecule has 0 heterocycles. The molecule has 0 spiro atoms. The van der Waals surface area contributed by atoms with Gasteiger partial charge in [0.05, 0.1) is 12.5 Å². The Balaban J connectivity index is 2.22. The molecule has 0 aromatic carbocycles. The summed E-state index contributed by atoms with van der Waals surface area (Å²) in [5.74, 6) is 0.945. The van der Waals surface area contributed by atoms with Crippen molar-refractivity contribution >= 4 is 5.97 Å². The van der Waals surface area contributed by atoms with Gasteiger partial charge in [0.15, 0.2) is 0 Å². The molecule has 2 aliphatic rings. The van der Waals surface area contributed by atoms with Crippen LogP contribution in [-0.4, -0.2) is 19.1 Å². The van der Waals surface area contributed by atoms with Gasteiger partial charge in [-0.05, 0) is 48.9 Å². The van der Waals surface area contributed by atoms with E-state index in [4.69, 9.17) is 10.5 Å². The van der Waals surface area contributed by atoms with E-state index in [0.717, 1.165) is 12.3 Å². The summed E-state index contributed by atoms with van der Waals surface area (Å²) in [6.07, 6.45) is 3.68. The van der Waals surface area contributed by atoms with E-state index < -0.39 is 0 Å². The Kier molecular flexibility index (Phi) is 3.48. The minimum Gasteiger partial charge on any atom is -0.466 e. The number of fused-ring (bicyclic) bond motifs is 2. The van der Waals surface area contributed by atoms with E-state index in [2.05, 4.69) is 20.8 Å². The van der Waals surface area contributed by atoms with Crippen molar-refractivity contribution in [1.29, 1.82) is 0 Å². The Bertz CT molecular complexity index is 339. The van der Waals surface area contributed by atoms with Crippen molar-refractivity contribution in [2.24, 2.45) is 34.3 Å². The summed E-state index contributed by atoms with van der Waals surface area (Å²) in [4.78, 5) is 12.1. The van der Waals surface area contributed by atoms with Crippen molar-refractivity contribution in [2.45, 2.75) is 47.0 Å². The molecule has 0 aromatic heterocycles. The Hall–Kier alpha value is -0.570. The van der Waals surface area contributed by atoms with Crippen LogP contribution in [0, 0.1) is 28.6 Å². The van der Waals surface area contributed by atoms with Gasteiger partial charge in [-0.1, -0.05) is 20.8 Å². The molecule has 3 nitrogen and oxygen atoms in total. The van der Waals surface area contributed by atoms with Crippen molar-refractivity contribution in [3.8, 4) is 0 Å². The highest BCUT2D eigenvalue weighted by Gasteiger charge is 2.63. The average molecular weight is 253 g/mol. The standard InChI is InChI=1S/C15H27NO2/c1-5-18-13(17)11(9-16)12-8-10-6-7-15(12,4)14(10,2)3/h10-12H,5-9,16H2,1-4H3/t10-,11-,12+,15-/m0/s1. The lowest BCUT2D eigenvalue weighted by molar-refractivity contribution is -0.152. The minimum absolute atomic E-state index is 0.0884. The normalized spacial score (nSPS) is 38.7. The molecule has 0 aliphatic heterocycles. The van der Waals surface area contributed by atoms with Crippen molar-refractivity contribution in [3.63, 3.8) is 0 Å². The molecule has 0 amide bonds. The highest BCUT2D eigenvalue weighted by molar-refractivity contribution is 5.73. The molecular formula is C15H27NO2. The maximum atomic E-state index is 12.1. The van der Waals surface area contributed by atoms with E-state index in [1.807, 2.05) is 6.92 Å². The Morgan fingerprint density at radius 1 is 1.44 bits per heavy atom. The fourth-order valence-corrected chi connectivity index (χ4v) is 4.55. The largest absolute Gasteiger partial charge is 0.466 e. The molecule has 18 heavy (non-hydrogen) atoms. The average Bonchev–Trinajstić information content (AvgIpc) is 2.63. The molecule has 2 N–H and O–H groups in total. The molecular weight excluding hydrogens is 226 g/mol. The van der Waals surface area contributed by atoms with Gasteiger partial charge in [0.25, 0.3) is 0 Å². The smallest absolute Gasteiger partial charge is 0.310 e. The summed E-state index contributed by atoms with van der Waals surface area (Å²) in [5.41, 5.74) is 6.44. The number of hydrogen-bond donors (Lipinski definition) is 1. The van der Waals surface area contributed by atoms with Gasteiger partial charge in [0.1, 0.15) is 0 Å². The molecule has 0 aromatic rings. The number of ether oxygens (including phenoxy) is 1. The van der Waals surface area contributed by atoms with Crippen molar-refractivity contribution in [1.82, 2.24) is 0 Å². The Labute approximate surface area is 110 Å². The van der Waals surface area contributed by atoms with Crippen LogP contribution in [0.15, 0.2) is 0 Å². The topological polar surface area (TPSA) is 52.3 Å². The van der Waals surface area contributed by atoms with Crippen LogP contribution in [0.3, 0.4) is 0 Å². The summed E-state index contributed by atoms with van der Waals surface area (Å²) in [6, 6.07) is 0. The summed E-state index contributed by atoms with van der Waals surface area (Å²) in [6.45, 7) is 9.81. The lowest BCUT2D eigenvalue weighted by atomic mass is 9.63. The third-order valence-electron chi connectivity index (χ3n) is 6.19. The number of nitrogens with two attached hydrogens (primary N) is 1. The first kappa shape index (κ1) is 13.9. The Morgan fingerprint density at radius 3 is 2.50 bits per heavy atom. The fourth-order valence-electron chi connectivity index (χ4n) is 4.55. The summed E-state index contributed by atoms with van der Waals surface area (Å²) >= 11 is 0. The van der Waals surface area contributed by atoms with E-state index in [9.17, 15) is 4.79 Å².